The average Bonchev–Trinajstić information content (AvgIpc) is 2.77. The summed E-state index contributed by atoms with van der Waals surface area (Å²) in [6.07, 6.45) is 0. The van der Waals surface area contributed by atoms with E-state index >= 15 is 0 Å². The highest BCUT2D eigenvalue weighted by Crippen LogP contribution is 2.22. The van der Waals surface area contributed by atoms with E-state index in [0.717, 1.165) is 0 Å². The lowest BCUT2D eigenvalue weighted by Crippen LogP contribution is -3.00. The average molecular weight is 567 g/mol. The predicted octanol–water partition coefficient (Wildman–Crippen LogP) is -8.86. The number of ether oxygens (including phenoxy) is 2. The summed E-state index contributed by atoms with van der Waals surface area (Å²) in [6, 6.07) is -1.89. The Morgan fingerprint density at radius 2 is 1.27 bits per heavy atom. The fourth-order valence-corrected chi connectivity index (χ4v) is 3.42. The van der Waals surface area contributed by atoms with Crippen LogP contribution >= 0.6 is 34.2 Å². The molecule has 202 valence electrons. The Labute approximate surface area is 211 Å². The zero-order valence-electron chi connectivity index (χ0n) is 18.0. The van der Waals surface area contributed by atoms with Crippen molar-refractivity contribution in [1.82, 2.24) is 0 Å². The molecule has 0 aliphatic heterocycles. The molecule has 0 aromatic heterocycles. The van der Waals surface area contributed by atoms with Crippen molar-refractivity contribution in [3.63, 3.8) is 0 Å². The number of carbonyl (C=O) groups excluding carboxylic acids is 2. The number of carboxylic acid groups (broad SMARTS) is 1. The normalized spacial score (nSPS) is 12.0. The van der Waals surface area contributed by atoms with Crippen LogP contribution in [0, 0.1) is 0 Å². The summed E-state index contributed by atoms with van der Waals surface area (Å²) in [5.41, 5.74) is 12.5. The van der Waals surface area contributed by atoms with Crippen molar-refractivity contribution in [3.05, 3.63) is 0 Å². The maximum absolute atomic E-state index is 11.3. The number of esters is 2. The molecule has 3 atom stereocenters. The van der Waals surface area contributed by atoms with Gasteiger partial charge in [-0.2, -0.15) is 12.6 Å². The molecule has 15 N–H and O–H groups in total. The van der Waals surface area contributed by atoms with Crippen LogP contribution < -0.4 is 29.6 Å². The van der Waals surface area contributed by atoms with Crippen LogP contribution in [-0.4, -0.2) is 124 Å². The van der Waals surface area contributed by atoms with Gasteiger partial charge in [0.05, 0.1) is 37.9 Å². The first-order chi connectivity index (χ1) is 14.6. The van der Waals surface area contributed by atoms with Crippen molar-refractivity contribution in [3.8, 4) is 0 Å². The fraction of sp³-hybridized carbons (Fsp3) is 0.800. The number of nitrogens with two attached hydrogens (primary N) is 1. The van der Waals surface area contributed by atoms with E-state index in [1.54, 1.807) is 0 Å². The Morgan fingerprint density at radius 1 is 0.848 bits per heavy atom. The monoisotopic (exact) mass is 566 g/mol. The van der Waals surface area contributed by atoms with Gasteiger partial charge in [0.1, 0.15) is 19.3 Å². The standard InChI is InChI=1S/C10H20N2O6S2.C3H7NO2S.C2H6O2.ClH.H2O/c11-7(9(15)17-3-1-13)5-19-20-6-8(12)10(16)18-4-2-14;4-2(1-7)3(5)6;3-1-2-4;;/h7-8,13-14H,1-6,11-12H2;2,7H,1,4H2,(H,5,6);3-4H,1-2H2;1H;1H2/p+1. The molecular weight excluding hydrogens is 530 g/mol. The Balaban J connectivity index is -0.000000168. The van der Waals surface area contributed by atoms with E-state index in [0.29, 0.717) is 17.3 Å². The SMILES string of the molecule is NC(CSSCC([NH3+])C(=O)OCCO)C(=O)OCCO.O.OCCO.[Cl-].[NH3+]C(CS)C(=O)O. The smallest absolute Gasteiger partial charge is 0.365 e. The highest BCUT2D eigenvalue weighted by molar-refractivity contribution is 8.76. The Hall–Kier alpha value is -0.570. The zero-order valence-corrected chi connectivity index (χ0v) is 21.3. The van der Waals surface area contributed by atoms with Gasteiger partial charge >= 0.3 is 17.9 Å². The molecular formula is C15H37ClN3O11S3+. The molecule has 0 bridgehead atoms. The number of aliphatic carboxylic acids is 1. The third kappa shape index (κ3) is 31.4. The number of quaternary nitrogens is 2. The lowest BCUT2D eigenvalue weighted by Gasteiger charge is -2.11. The molecule has 0 heterocycles. The van der Waals surface area contributed by atoms with Gasteiger partial charge in [0.2, 0.25) is 0 Å². The first-order valence-electron chi connectivity index (χ1n) is 8.89. The molecule has 33 heavy (non-hydrogen) atoms. The molecule has 0 amide bonds. The number of aliphatic hydroxyl groups is 4. The number of hydrogen-bond acceptors (Lipinski definition) is 13. The van der Waals surface area contributed by atoms with Gasteiger partial charge < -0.3 is 70.1 Å². The van der Waals surface area contributed by atoms with Gasteiger partial charge in [-0.25, -0.2) is 9.59 Å². The quantitative estimate of drug-likeness (QED) is 0.0409. The number of thiol groups is 1. The van der Waals surface area contributed by atoms with Crippen LogP contribution in [0.5, 0.6) is 0 Å². The highest BCUT2D eigenvalue weighted by Gasteiger charge is 2.20. The molecule has 0 saturated carbocycles. The fourth-order valence-electron chi connectivity index (χ4n) is 0.983. The minimum atomic E-state index is -0.894. The van der Waals surface area contributed by atoms with Crippen LogP contribution in [-0.2, 0) is 23.9 Å². The van der Waals surface area contributed by atoms with E-state index in [1.807, 2.05) is 0 Å². The van der Waals surface area contributed by atoms with Gasteiger partial charge in [-0.1, -0.05) is 21.6 Å². The second-order valence-electron chi connectivity index (χ2n) is 5.32. The molecule has 0 aromatic carbocycles. The molecule has 14 nitrogen and oxygen atoms in total. The van der Waals surface area contributed by atoms with Crippen LogP contribution in [0.2, 0.25) is 0 Å². The molecule has 0 spiro atoms. The molecule has 0 rings (SSSR count). The molecule has 0 saturated heterocycles. The van der Waals surface area contributed by atoms with Gasteiger partial charge in [0.25, 0.3) is 0 Å². The Bertz CT molecular complexity index is 444. The summed E-state index contributed by atoms with van der Waals surface area (Å²) in [7, 11) is 2.67. The van der Waals surface area contributed by atoms with E-state index < -0.39 is 36.0 Å². The number of halogens is 1. The summed E-state index contributed by atoms with van der Waals surface area (Å²) in [6.45, 7) is -0.809. The first kappa shape index (κ1) is 42.6. The van der Waals surface area contributed by atoms with E-state index in [9.17, 15) is 14.4 Å². The molecule has 3 unspecified atom stereocenters. The Kier molecular flexibility index (Phi) is 40.6. The lowest BCUT2D eigenvalue weighted by molar-refractivity contribution is -0.401. The number of aliphatic hydroxyl groups excluding tert-OH is 4. The van der Waals surface area contributed by atoms with Gasteiger partial charge in [-0.3, -0.25) is 4.79 Å². The van der Waals surface area contributed by atoms with Crippen LogP contribution in [0.4, 0.5) is 0 Å². The molecule has 18 heteroatoms. The topological polar surface area (TPSA) is 284 Å². The van der Waals surface area contributed by atoms with Crippen molar-refractivity contribution in [1.29, 1.82) is 0 Å². The van der Waals surface area contributed by atoms with Gasteiger partial charge in [-0.05, 0) is 0 Å². The second-order valence-corrected chi connectivity index (χ2v) is 8.24. The molecule has 0 fully saturated rings. The Morgan fingerprint density at radius 3 is 1.61 bits per heavy atom. The number of rotatable bonds is 14. The van der Waals surface area contributed by atoms with E-state index in [1.165, 1.54) is 21.6 Å². The number of hydrogen-bond donors (Lipinski definition) is 9. The van der Waals surface area contributed by atoms with E-state index in [-0.39, 0.29) is 57.5 Å². The van der Waals surface area contributed by atoms with Crippen molar-refractivity contribution >= 4 is 52.1 Å². The molecule has 0 aliphatic carbocycles. The van der Waals surface area contributed by atoms with Gasteiger partial charge in [0.15, 0.2) is 12.1 Å². The second kappa shape index (κ2) is 31.4. The molecule has 0 aromatic rings. The summed E-state index contributed by atoms with van der Waals surface area (Å²) in [4.78, 5) is 32.4. The zero-order chi connectivity index (χ0) is 24.7. The maximum atomic E-state index is 11.3. The van der Waals surface area contributed by atoms with Crippen molar-refractivity contribution < 1.29 is 78.7 Å². The third-order valence-electron chi connectivity index (χ3n) is 2.58. The van der Waals surface area contributed by atoms with Gasteiger partial charge in [-0.15, -0.1) is 0 Å². The lowest BCUT2D eigenvalue weighted by atomic mass is 10.4. The summed E-state index contributed by atoms with van der Waals surface area (Å²) < 4.78 is 9.38. The summed E-state index contributed by atoms with van der Waals surface area (Å²) in [5, 5.41) is 40.3. The summed E-state index contributed by atoms with van der Waals surface area (Å²) >= 11 is 3.71. The van der Waals surface area contributed by atoms with Crippen molar-refractivity contribution in [2.75, 3.05) is 56.9 Å². The van der Waals surface area contributed by atoms with E-state index in [4.69, 9.17) is 36.0 Å². The van der Waals surface area contributed by atoms with Crippen LogP contribution in [0.3, 0.4) is 0 Å². The largest absolute Gasteiger partial charge is 1.00 e. The van der Waals surface area contributed by atoms with Crippen LogP contribution in [0.15, 0.2) is 0 Å². The molecule has 0 aliphatic rings. The summed E-state index contributed by atoms with van der Waals surface area (Å²) in [5.74, 6) is -0.898. The predicted molar refractivity (Wildman–Crippen MR) is 122 cm³/mol. The highest BCUT2D eigenvalue weighted by atomic mass is 35.5. The van der Waals surface area contributed by atoms with Crippen LogP contribution in [0.25, 0.3) is 0 Å². The minimum absolute atomic E-state index is 0. The van der Waals surface area contributed by atoms with Crippen LogP contribution in [0.1, 0.15) is 0 Å². The first-order valence-corrected chi connectivity index (χ1v) is 12.0. The number of carbonyl (C=O) groups is 3. The maximum Gasteiger partial charge on any atom is 0.365 e. The third-order valence-corrected chi connectivity index (χ3v) is 5.53. The molecule has 0 radical (unpaired) electrons. The van der Waals surface area contributed by atoms with Crippen molar-refractivity contribution in [2.24, 2.45) is 5.73 Å². The minimum Gasteiger partial charge on any atom is -1.00 e. The number of carboxylic acids is 1. The van der Waals surface area contributed by atoms with Crippen molar-refractivity contribution in [2.45, 2.75) is 18.1 Å². The van der Waals surface area contributed by atoms with Gasteiger partial charge in [0, 0.05) is 5.75 Å². The van der Waals surface area contributed by atoms with E-state index in [2.05, 4.69) is 28.8 Å².